The lowest BCUT2D eigenvalue weighted by Gasteiger charge is -2.07. The van der Waals surface area contributed by atoms with Crippen molar-refractivity contribution in [3.05, 3.63) is 47.9 Å². The second-order valence-electron chi connectivity index (χ2n) is 3.47. The molecular weight excluding hydrogens is 192 g/mol. The van der Waals surface area contributed by atoms with E-state index in [-0.39, 0.29) is 0 Å². The third kappa shape index (κ3) is 2.41. The van der Waals surface area contributed by atoms with Gasteiger partial charge in [-0.1, -0.05) is 0 Å². The second kappa shape index (κ2) is 4.23. The van der Waals surface area contributed by atoms with E-state index in [0.29, 0.717) is 12.2 Å². The summed E-state index contributed by atoms with van der Waals surface area (Å²) in [6, 6.07) is 1.82. The lowest BCUT2D eigenvalue weighted by Crippen LogP contribution is -2.06. The second-order valence-corrected chi connectivity index (χ2v) is 3.47. The number of aliphatic hydroxyl groups is 1. The first-order chi connectivity index (χ1) is 7.25. The van der Waals surface area contributed by atoms with Crippen LogP contribution >= 0.6 is 0 Å². The number of aryl methyl sites for hydroxylation is 1. The van der Waals surface area contributed by atoms with Crippen molar-refractivity contribution >= 4 is 0 Å². The number of rotatable bonds is 3. The molecule has 4 nitrogen and oxygen atoms in total. The molecule has 0 saturated carbocycles. The van der Waals surface area contributed by atoms with Crippen molar-refractivity contribution in [3.8, 4) is 0 Å². The van der Waals surface area contributed by atoms with Gasteiger partial charge in [-0.2, -0.15) is 0 Å². The maximum absolute atomic E-state index is 9.82. The smallest absolute Gasteiger partial charge is 0.157 e. The van der Waals surface area contributed by atoms with E-state index in [9.17, 15) is 5.11 Å². The summed E-state index contributed by atoms with van der Waals surface area (Å²) >= 11 is 0. The van der Waals surface area contributed by atoms with Crippen LogP contribution in [0.15, 0.2) is 35.4 Å². The van der Waals surface area contributed by atoms with Crippen molar-refractivity contribution in [2.24, 2.45) is 0 Å². The van der Waals surface area contributed by atoms with Gasteiger partial charge >= 0.3 is 0 Å². The predicted octanol–water partition coefficient (Wildman–Crippen LogP) is 1.65. The monoisotopic (exact) mass is 204 g/mol. The molecule has 2 heterocycles. The van der Waals surface area contributed by atoms with E-state index in [4.69, 9.17) is 4.42 Å². The van der Waals surface area contributed by atoms with Crippen molar-refractivity contribution in [1.29, 1.82) is 0 Å². The normalized spacial score (nSPS) is 12.7. The average Bonchev–Trinajstić information content (AvgIpc) is 2.71. The van der Waals surface area contributed by atoms with Crippen LogP contribution in [0.1, 0.15) is 23.1 Å². The largest absolute Gasteiger partial charge is 0.472 e. The molecule has 1 unspecified atom stereocenters. The van der Waals surface area contributed by atoms with E-state index in [2.05, 4.69) is 9.97 Å². The van der Waals surface area contributed by atoms with Gasteiger partial charge in [-0.05, 0) is 24.1 Å². The van der Waals surface area contributed by atoms with Crippen LogP contribution in [0, 0.1) is 6.92 Å². The van der Waals surface area contributed by atoms with Crippen molar-refractivity contribution in [2.45, 2.75) is 19.4 Å². The van der Waals surface area contributed by atoms with Crippen LogP contribution < -0.4 is 0 Å². The molecule has 2 aromatic rings. The van der Waals surface area contributed by atoms with E-state index >= 15 is 0 Å². The number of hydrogen-bond donors (Lipinski definition) is 1. The molecule has 1 N–H and O–H groups in total. The van der Waals surface area contributed by atoms with Gasteiger partial charge in [-0.25, -0.2) is 9.97 Å². The molecule has 0 aliphatic rings. The molecule has 78 valence electrons. The van der Waals surface area contributed by atoms with Gasteiger partial charge in [0, 0.05) is 18.8 Å². The van der Waals surface area contributed by atoms with Gasteiger partial charge in [0.25, 0.3) is 0 Å². The van der Waals surface area contributed by atoms with Gasteiger partial charge in [-0.3, -0.25) is 0 Å². The predicted molar refractivity (Wildman–Crippen MR) is 54.1 cm³/mol. The zero-order valence-electron chi connectivity index (χ0n) is 8.42. The summed E-state index contributed by atoms with van der Waals surface area (Å²) in [6.45, 7) is 1.91. The SMILES string of the molecule is Cc1cnc(C(O)Cc2ccoc2)nc1. The van der Waals surface area contributed by atoms with Gasteiger partial charge in [0.15, 0.2) is 5.82 Å². The maximum atomic E-state index is 9.82. The minimum absolute atomic E-state index is 0.446. The molecule has 2 rings (SSSR count). The topological polar surface area (TPSA) is 59.2 Å². The fourth-order valence-corrected chi connectivity index (χ4v) is 1.30. The first kappa shape index (κ1) is 9.86. The highest BCUT2D eigenvalue weighted by atomic mass is 16.3. The Bertz CT molecular complexity index is 409. The number of aromatic nitrogens is 2. The highest BCUT2D eigenvalue weighted by Gasteiger charge is 2.11. The summed E-state index contributed by atoms with van der Waals surface area (Å²) in [4.78, 5) is 8.13. The molecule has 1 atom stereocenters. The van der Waals surface area contributed by atoms with Crippen molar-refractivity contribution in [2.75, 3.05) is 0 Å². The lowest BCUT2D eigenvalue weighted by molar-refractivity contribution is 0.168. The van der Waals surface area contributed by atoms with E-state index in [0.717, 1.165) is 11.1 Å². The van der Waals surface area contributed by atoms with E-state index in [1.807, 2.05) is 13.0 Å². The van der Waals surface area contributed by atoms with E-state index in [1.54, 1.807) is 24.9 Å². The minimum atomic E-state index is -0.678. The Morgan fingerprint density at radius 1 is 1.40 bits per heavy atom. The summed E-state index contributed by atoms with van der Waals surface area (Å²) < 4.78 is 4.92. The Morgan fingerprint density at radius 2 is 2.13 bits per heavy atom. The Kier molecular flexibility index (Phi) is 2.78. The molecule has 0 fully saturated rings. The van der Waals surface area contributed by atoms with Gasteiger partial charge in [0.05, 0.1) is 12.5 Å². The number of hydrogen-bond acceptors (Lipinski definition) is 4. The molecule has 4 heteroatoms. The zero-order valence-corrected chi connectivity index (χ0v) is 8.42. The number of furan rings is 1. The number of aliphatic hydroxyl groups excluding tert-OH is 1. The Labute approximate surface area is 87.6 Å². The third-order valence-corrected chi connectivity index (χ3v) is 2.11. The zero-order chi connectivity index (χ0) is 10.7. The first-order valence-electron chi connectivity index (χ1n) is 4.73. The van der Waals surface area contributed by atoms with Crippen LogP contribution in [-0.2, 0) is 6.42 Å². The van der Waals surface area contributed by atoms with E-state index in [1.165, 1.54) is 0 Å². The van der Waals surface area contributed by atoms with Gasteiger partial charge in [-0.15, -0.1) is 0 Å². The third-order valence-electron chi connectivity index (χ3n) is 2.11. The molecule has 0 saturated heterocycles. The summed E-state index contributed by atoms with van der Waals surface area (Å²) in [5.41, 5.74) is 1.92. The van der Waals surface area contributed by atoms with Crippen LogP contribution in [-0.4, -0.2) is 15.1 Å². The summed E-state index contributed by atoms with van der Waals surface area (Å²) in [7, 11) is 0. The number of nitrogens with zero attached hydrogens (tertiary/aromatic N) is 2. The average molecular weight is 204 g/mol. The van der Waals surface area contributed by atoms with Gasteiger partial charge < -0.3 is 9.52 Å². The Hall–Kier alpha value is -1.68. The molecule has 0 spiro atoms. The highest BCUT2D eigenvalue weighted by Crippen LogP contribution is 2.14. The fourth-order valence-electron chi connectivity index (χ4n) is 1.30. The standard InChI is InChI=1S/C11H12N2O2/c1-8-5-12-11(13-6-8)10(14)4-9-2-3-15-7-9/h2-3,5-7,10,14H,4H2,1H3. The van der Waals surface area contributed by atoms with Gasteiger partial charge in [0.2, 0.25) is 0 Å². The Balaban J connectivity index is 2.08. The van der Waals surface area contributed by atoms with Crippen molar-refractivity contribution in [3.63, 3.8) is 0 Å². The summed E-state index contributed by atoms with van der Waals surface area (Å²) in [6.07, 6.45) is 6.37. The molecule has 0 bridgehead atoms. The maximum Gasteiger partial charge on any atom is 0.157 e. The quantitative estimate of drug-likeness (QED) is 0.825. The molecule has 0 aromatic carbocycles. The van der Waals surface area contributed by atoms with Crippen LogP contribution in [0.5, 0.6) is 0 Å². The first-order valence-corrected chi connectivity index (χ1v) is 4.73. The van der Waals surface area contributed by atoms with Crippen molar-refractivity contribution < 1.29 is 9.52 Å². The Morgan fingerprint density at radius 3 is 2.73 bits per heavy atom. The minimum Gasteiger partial charge on any atom is -0.472 e. The van der Waals surface area contributed by atoms with Crippen LogP contribution in [0.3, 0.4) is 0 Å². The van der Waals surface area contributed by atoms with E-state index < -0.39 is 6.10 Å². The highest BCUT2D eigenvalue weighted by molar-refractivity contribution is 5.10. The molecule has 0 aliphatic heterocycles. The summed E-state index contributed by atoms with van der Waals surface area (Å²) in [5, 5.41) is 9.82. The molecule has 0 radical (unpaired) electrons. The van der Waals surface area contributed by atoms with Crippen LogP contribution in [0.2, 0.25) is 0 Å². The summed E-state index contributed by atoms with van der Waals surface area (Å²) in [5.74, 6) is 0.446. The molecular formula is C11H12N2O2. The van der Waals surface area contributed by atoms with Crippen molar-refractivity contribution in [1.82, 2.24) is 9.97 Å². The lowest BCUT2D eigenvalue weighted by atomic mass is 10.1. The van der Waals surface area contributed by atoms with Crippen LogP contribution in [0.25, 0.3) is 0 Å². The van der Waals surface area contributed by atoms with Crippen LogP contribution in [0.4, 0.5) is 0 Å². The molecule has 15 heavy (non-hydrogen) atoms. The van der Waals surface area contributed by atoms with Gasteiger partial charge in [0.1, 0.15) is 6.10 Å². The molecule has 2 aromatic heterocycles. The molecule has 0 amide bonds. The molecule has 0 aliphatic carbocycles. The fraction of sp³-hybridized carbons (Fsp3) is 0.273.